The molecule has 0 aliphatic rings. The van der Waals surface area contributed by atoms with E-state index < -0.39 is 5.91 Å². The van der Waals surface area contributed by atoms with Gasteiger partial charge in [-0.2, -0.15) is 0 Å². The van der Waals surface area contributed by atoms with Gasteiger partial charge in [0.25, 0.3) is 5.91 Å². The second-order valence-corrected chi connectivity index (χ2v) is 3.37. The lowest BCUT2D eigenvalue weighted by molar-refractivity contribution is 0.100. The van der Waals surface area contributed by atoms with Gasteiger partial charge in [0.15, 0.2) is 4.88 Å². The van der Waals surface area contributed by atoms with E-state index in [1.807, 2.05) is 6.92 Å². The molecule has 0 atom stereocenters. The number of rotatable bonds is 3. The third-order valence-electron chi connectivity index (χ3n) is 1.21. The van der Waals surface area contributed by atoms with Crippen LogP contribution in [0.1, 0.15) is 21.6 Å². The first-order valence-corrected chi connectivity index (χ1v) is 4.36. The highest BCUT2D eigenvalue weighted by atomic mass is 32.1. The van der Waals surface area contributed by atoms with Crippen molar-refractivity contribution in [3.05, 3.63) is 9.88 Å². The normalized spacial score (nSPS) is 9.83. The van der Waals surface area contributed by atoms with Crippen LogP contribution in [0, 0.1) is 6.92 Å². The Morgan fingerprint density at radius 2 is 2.42 bits per heavy atom. The van der Waals surface area contributed by atoms with E-state index in [0.29, 0.717) is 17.4 Å². The van der Waals surface area contributed by atoms with Crippen molar-refractivity contribution in [3.63, 3.8) is 0 Å². The van der Waals surface area contributed by atoms with Crippen molar-refractivity contribution in [1.29, 1.82) is 0 Å². The van der Waals surface area contributed by atoms with Gasteiger partial charge in [-0.25, -0.2) is 4.98 Å². The predicted molar refractivity (Wildman–Crippen MR) is 46.5 cm³/mol. The number of carbonyl (C=O) groups excluding carboxylic acids is 1. The standard InChI is InChI=1S/C7H10N2O2S/c1-3-11-7-5(6(8)10)12-4(2)9-7/h3H2,1-2H3,(H2,8,10). The van der Waals surface area contributed by atoms with Gasteiger partial charge < -0.3 is 10.5 Å². The Labute approximate surface area is 74.4 Å². The van der Waals surface area contributed by atoms with E-state index in [2.05, 4.69) is 4.98 Å². The third kappa shape index (κ3) is 1.73. The van der Waals surface area contributed by atoms with Gasteiger partial charge in [0, 0.05) is 0 Å². The number of primary amides is 1. The second kappa shape index (κ2) is 3.53. The Balaban J connectivity index is 2.99. The molecule has 2 N–H and O–H groups in total. The minimum Gasteiger partial charge on any atom is -0.477 e. The summed E-state index contributed by atoms with van der Waals surface area (Å²) in [6, 6.07) is 0. The molecule has 1 heterocycles. The van der Waals surface area contributed by atoms with Crippen LogP contribution >= 0.6 is 11.3 Å². The number of carbonyl (C=O) groups is 1. The number of thiazole rings is 1. The average Bonchev–Trinajstić information content (AvgIpc) is 2.32. The number of aromatic nitrogens is 1. The predicted octanol–water partition coefficient (Wildman–Crippen LogP) is 0.949. The molecule has 1 rings (SSSR count). The maximum atomic E-state index is 10.8. The molecule has 1 aromatic heterocycles. The first kappa shape index (κ1) is 8.99. The zero-order chi connectivity index (χ0) is 9.14. The van der Waals surface area contributed by atoms with Crippen molar-refractivity contribution in [3.8, 4) is 5.88 Å². The summed E-state index contributed by atoms with van der Waals surface area (Å²) in [6.45, 7) is 4.13. The van der Waals surface area contributed by atoms with E-state index >= 15 is 0 Å². The largest absolute Gasteiger partial charge is 0.477 e. The highest BCUT2D eigenvalue weighted by Crippen LogP contribution is 2.23. The number of nitrogens with zero attached hydrogens (tertiary/aromatic N) is 1. The van der Waals surface area contributed by atoms with E-state index in [4.69, 9.17) is 10.5 Å². The van der Waals surface area contributed by atoms with Crippen LogP contribution in [-0.2, 0) is 0 Å². The maximum Gasteiger partial charge on any atom is 0.264 e. The second-order valence-electron chi connectivity index (χ2n) is 2.16. The molecule has 0 bridgehead atoms. The number of aryl methyl sites for hydroxylation is 1. The number of nitrogens with two attached hydrogens (primary N) is 1. The van der Waals surface area contributed by atoms with Gasteiger partial charge in [-0.05, 0) is 13.8 Å². The molecule has 0 aliphatic carbocycles. The van der Waals surface area contributed by atoms with Crippen molar-refractivity contribution >= 4 is 17.2 Å². The molecule has 5 heteroatoms. The van der Waals surface area contributed by atoms with Gasteiger partial charge >= 0.3 is 0 Å². The molecular formula is C7H10N2O2S. The Morgan fingerprint density at radius 3 is 2.92 bits per heavy atom. The molecule has 66 valence electrons. The number of ether oxygens (including phenoxy) is 1. The molecule has 0 aliphatic heterocycles. The fourth-order valence-corrected chi connectivity index (χ4v) is 1.51. The van der Waals surface area contributed by atoms with E-state index in [-0.39, 0.29) is 0 Å². The molecule has 0 spiro atoms. The van der Waals surface area contributed by atoms with E-state index in [0.717, 1.165) is 5.01 Å². The molecule has 0 fully saturated rings. The average molecular weight is 186 g/mol. The highest BCUT2D eigenvalue weighted by Gasteiger charge is 2.14. The zero-order valence-corrected chi connectivity index (χ0v) is 7.77. The minimum atomic E-state index is -0.482. The van der Waals surface area contributed by atoms with Gasteiger partial charge in [-0.1, -0.05) is 0 Å². The summed E-state index contributed by atoms with van der Waals surface area (Å²) in [4.78, 5) is 15.2. The fraction of sp³-hybridized carbons (Fsp3) is 0.429. The third-order valence-corrected chi connectivity index (χ3v) is 2.17. The van der Waals surface area contributed by atoms with Crippen molar-refractivity contribution in [2.75, 3.05) is 6.61 Å². The van der Waals surface area contributed by atoms with E-state index in [9.17, 15) is 4.79 Å². The molecule has 0 unspecified atom stereocenters. The summed E-state index contributed by atoms with van der Waals surface area (Å²) in [6.07, 6.45) is 0. The van der Waals surface area contributed by atoms with Crippen LogP contribution < -0.4 is 10.5 Å². The summed E-state index contributed by atoms with van der Waals surface area (Å²) in [5.41, 5.74) is 5.11. The minimum absolute atomic E-state index is 0.354. The fourth-order valence-electron chi connectivity index (χ4n) is 0.798. The Bertz CT molecular complexity index is 296. The Morgan fingerprint density at radius 1 is 1.75 bits per heavy atom. The first-order chi connectivity index (χ1) is 5.65. The summed E-state index contributed by atoms with van der Waals surface area (Å²) in [7, 11) is 0. The van der Waals surface area contributed by atoms with E-state index in [1.165, 1.54) is 11.3 Å². The SMILES string of the molecule is CCOc1nc(C)sc1C(N)=O. The van der Waals surface area contributed by atoms with Crippen LogP contribution in [0.3, 0.4) is 0 Å². The van der Waals surface area contributed by atoms with Crippen LogP contribution in [0.25, 0.3) is 0 Å². The van der Waals surface area contributed by atoms with Gasteiger partial charge in [0.2, 0.25) is 5.88 Å². The molecule has 1 amide bonds. The van der Waals surface area contributed by atoms with Crippen LogP contribution in [0.5, 0.6) is 5.88 Å². The smallest absolute Gasteiger partial charge is 0.264 e. The topological polar surface area (TPSA) is 65.2 Å². The number of amides is 1. The quantitative estimate of drug-likeness (QED) is 0.764. The summed E-state index contributed by atoms with van der Waals surface area (Å²) in [5, 5.41) is 0.784. The molecule has 0 radical (unpaired) electrons. The lowest BCUT2D eigenvalue weighted by atomic mass is 10.5. The summed E-state index contributed by atoms with van der Waals surface area (Å²) >= 11 is 1.25. The van der Waals surface area contributed by atoms with Crippen molar-refractivity contribution in [2.24, 2.45) is 5.73 Å². The zero-order valence-electron chi connectivity index (χ0n) is 6.96. The molecule has 0 aromatic carbocycles. The lowest BCUT2D eigenvalue weighted by Crippen LogP contribution is -2.10. The van der Waals surface area contributed by atoms with E-state index in [1.54, 1.807) is 6.92 Å². The van der Waals surface area contributed by atoms with Crippen LogP contribution in [0.2, 0.25) is 0 Å². The first-order valence-electron chi connectivity index (χ1n) is 3.55. The summed E-state index contributed by atoms with van der Waals surface area (Å²) in [5.74, 6) is -0.128. The van der Waals surface area contributed by atoms with Gasteiger partial charge in [-0.15, -0.1) is 11.3 Å². The summed E-state index contributed by atoms with van der Waals surface area (Å²) < 4.78 is 5.12. The lowest BCUT2D eigenvalue weighted by Gasteiger charge is -1.97. The Kier molecular flexibility index (Phi) is 2.65. The molecular weight excluding hydrogens is 176 g/mol. The monoisotopic (exact) mass is 186 g/mol. The highest BCUT2D eigenvalue weighted by molar-refractivity contribution is 7.13. The number of hydrogen-bond donors (Lipinski definition) is 1. The van der Waals surface area contributed by atoms with Gasteiger partial charge in [0.05, 0.1) is 11.6 Å². The van der Waals surface area contributed by atoms with Crippen LogP contribution in [0.4, 0.5) is 0 Å². The molecule has 0 saturated carbocycles. The van der Waals surface area contributed by atoms with Gasteiger partial charge in [0.1, 0.15) is 0 Å². The van der Waals surface area contributed by atoms with Crippen molar-refractivity contribution < 1.29 is 9.53 Å². The molecule has 1 aromatic rings. The number of hydrogen-bond acceptors (Lipinski definition) is 4. The van der Waals surface area contributed by atoms with Gasteiger partial charge in [-0.3, -0.25) is 4.79 Å². The van der Waals surface area contributed by atoms with Crippen LogP contribution in [-0.4, -0.2) is 17.5 Å². The van der Waals surface area contributed by atoms with Crippen molar-refractivity contribution in [1.82, 2.24) is 4.98 Å². The molecule has 12 heavy (non-hydrogen) atoms. The van der Waals surface area contributed by atoms with Crippen molar-refractivity contribution in [2.45, 2.75) is 13.8 Å². The maximum absolute atomic E-state index is 10.8. The Hall–Kier alpha value is -1.10. The molecule has 4 nitrogen and oxygen atoms in total. The van der Waals surface area contributed by atoms with Crippen LogP contribution in [0.15, 0.2) is 0 Å². The molecule has 0 saturated heterocycles.